The number of nitrogens with one attached hydrogen (secondary N) is 1. The molecule has 0 fully saturated rings. The van der Waals surface area contributed by atoms with Gasteiger partial charge in [-0.2, -0.15) is 0 Å². The molecule has 1 N–H and O–H groups in total. The third kappa shape index (κ3) is 2.59. The fourth-order valence-electron chi connectivity index (χ4n) is 2.24. The molecule has 104 valence electrons. The molecule has 1 aromatic carbocycles. The second-order valence-electron chi connectivity index (χ2n) is 4.73. The lowest BCUT2D eigenvalue weighted by molar-refractivity contribution is 0.450. The van der Waals surface area contributed by atoms with E-state index in [4.69, 9.17) is 16.0 Å². The van der Waals surface area contributed by atoms with E-state index in [1.807, 2.05) is 38.2 Å². The van der Waals surface area contributed by atoms with E-state index >= 15 is 0 Å². The van der Waals surface area contributed by atoms with Crippen molar-refractivity contribution in [3.05, 3.63) is 51.1 Å². The molecule has 0 aliphatic heterocycles. The van der Waals surface area contributed by atoms with Gasteiger partial charge in [0.15, 0.2) is 5.58 Å². The first kappa shape index (κ1) is 13.6. The number of nitrogens with zero attached hydrogens (tertiary/aromatic N) is 1. The first-order valence-electron chi connectivity index (χ1n) is 6.43. The fourth-order valence-corrected chi connectivity index (χ4v) is 3.27. The van der Waals surface area contributed by atoms with E-state index in [0.29, 0.717) is 5.02 Å². The number of fused-ring (bicyclic) bond motifs is 1. The van der Waals surface area contributed by atoms with Crippen molar-refractivity contribution in [1.82, 2.24) is 10.3 Å². The molecular weight excluding hydrogens is 292 g/mol. The van der Waals surface area contributed by atoms with Gasteiger partial charge in [-0.25, -0.2) is 4.98 Å². The van der Waals surface area contributed by atoms with Gasteiger partial charge in [-0.1, -0.05) is 23.7 Å². The van der Waals surface area contributed by atoms with Gasteiger partial charge < -0.3 is 9.73 Å². The molecule has 0 aliphatic carbocycles. The van der Waals surface area contributed by atoms with Crippen molar-refractivity contribution in [1.29, 1.82) is 0 Å². The number of para-hydroxylation sites is 1. The Morgan fingerprint density at radius 3 is 2.95 bits per heavy atom. The van der Waals surface area contributed by atoms with Crippen LogP contribution in [0.25, 0.3) is 11.0 Å². The van der Waals surface area contributed by atoms with Crippen LogP contribution in [0.15, 0.2) is 34.1 Å². The SMILES string of the molecule is CNC(Cc1nc(C)cs1)c1cc2cccc(Cl)c2o1. The van der Waals surface area contributed by atoms with Crippen molar-refractivity contribution in [2.45, 2.75) is 19.4 Å². The van der Waals surface area contributed by atoms with Gasteiger partial charge in [-0.3, -0.25) is 0 Å². The summed E-state index contributed by atoms with van der Waals surface area (Å²) in [7, 11) is 1.93. The number of halogens is 1. The van der Waals surface area contributed by atoms with Crippen LogP contribution < -0.4 is 5.32 Å². The molecule has 3 nitrogen and oxygen atoms in total. The molecule has 1 unspecified atom stereocenters. The number of aromatic nitrogens is 1. The maximum absolute atomic E-state index is 6.16. The van der Waals surface area contributed by atoms with Gasteiger partial charge in [0.05, 0.1) is 16.1 Å². The third-order valence-electron chi connectivity index (χ3n) is 3.25. The van der Waals surface area contributed by atoms with Crippen molar-refractivity contribution in [2.75, 3.05) is 7.05 Å². The summed E-state index contributed by atoms with van der Waals surface area (Å²) < 4.78 is 5.91. The Kier molecular flexibility index (Phi) is 3.78. The number of hydrogen-bond donors (Lipinski definition) is 1. The predicted octanol–water partition coefficient (Wildman–Crippen LogP) is 4.35. The summed E-state index contributed by atoms with van der Waals surface area (Å²) in [5.41, 5.74) is 1.81. The zero-order valence-electron chi connectivity index (χ0n) is 11.3. The van der Waals surface area contributed by atoms with Crippen LogP contribution in [-0.2, 0) is 6.42 Å². The molecule has 2 heterocycles. The predicted molar refractivity (Wildman–Crippen MR) is 83.6 cm³/mol. The van der Waals surface area contributed by atoms with Crippen LogP contribution in [-0.4, -0.2) is 12.0 Å². The topological polar surface area (TPSA) is 38.1 Å². The summed E-state index contributed by atoms with van der Waals surface area (Å²) >= 11 is 7.84. The van der Waals surface area contributed by atoms with Crippen molar-refractivity contribution < 1.29 is 4.42 Å². The Morgan fingerprint density at radius 2 is 2.30 bits per heavy atom. The molecule has 0 bridgehead atoms. The summed E-state index contributed by atoms with van der Waals surface area (Å²) in [6.07, 6.45) is 0.812. The zero-order chi connectivity index (χ0) is 14.1. The van der Waals surface area contributed by atoms with Gasteiger partial charge in [0, 0.05) is 22.9 Å². The third-order valence-corrected chi connectivity index (χ3v) is 4.54. The molecule has 0 spiro atoms. The van der Waals surface area contributed by atoms with Crippen molar-refractivity contribution in [3.8, 4) is 0 Å². The van der Waals surface area contributed by atoms with Crippen LogP contribution in [0.5, 0.6) is 0 Å². The van der Waals surface area contributed by atoms with Gasteiger partial charge in [0.2, 0.25) is 0 Å². The van der Waals surface area contributed by atoms with Crippen LogP contribution in [0.2, 0.25) is 5.02 Å². The minimum absolute atomic E-state index is 0.101. The van der Waals surface area contributed by atoms with E-state index in [9.17, 15) is 0 Å². The Bertz CT molecular complexity index is 734. The second kappa shape index (κ2) is 5.56. The Labute approximate surface area is 126 Å². The summed E-state index contributed by atoms with van der Waals surface area (Å²) in [6, 6.07) is 7.93. The minimum Gasteiger partial charge on any atom is -0.458 e. The maximum Gasteiger partial charge on any atom is 0.152 e. The van der Waals surface area contributed by atoms with Crippen molar-refractivity contribution in [3.63, 3.8) is 0 Å². The number of rotatable bonds is 4. The van der Waals surface area contributed by atoms with E-state index in [1.165, 1.54) is 0 Å². The van der Waals surface area contributed by atoms with Crippen LogP contribution in [0.4, 0.5) is 0 Å². The first-order valence-corrected chi connectivity index (χ1v) is 7.69. The van der Waals surface area contributed by atoms with Crippen LogP contribution in [0.1, 0.15) is 22.5 Å². The smallest absolute Gasteiger partial charge is 0.152 e. The number of furan rings is 1. The van der Waals surface area contributed by atoms with Gasteiger partial charge in [0.25, 0.3) is 0 Å². The summed E-state index contributed by atoms with van der Waals surface area (Å²) in [5.74, 6) is 0.892. The van der Waals surface area contributed by atoms with E-state index in [-0.39, 0.29) is 6.04 Å². The van der Waals surface area contributed by atoms with Crippen LogP contribution >= 0.6 is 22.9 Å². The molecule has 0 amide bonds. The Balaban J connectivity index is 1.92. The summed E-state index contributed by atoms with van der Waals surface area (Å²) in [4.78, 5) is 4.51. The standard InChI is InChI=1S/C15H15ClN2OS/c1-9-8-20-14(18-9)7-12(17-2)13-6-10-4-3-5-11(16)15(10)19-13/h3-6,8,12,17H,7H2,1-2H3. The van der Waals surface area contributed by atoms with Crippen molar-refractivity contribution >= 4 is 33.9 Å². The number of hydrogen-bond acceptors (Lipinski definition) is 4. The molecule has 3 rings (SSSR count). The molecule has 1 atom stereocenters. The molecule has 2 aromatic heterocycles. The normalized spacial score (nSPS) is 12.9. The maximum atomic E-state index is 6.16. The quantitative estimate of drug-likeness (QED) is 0.778. The number of likely N-dealkylation sites (N-methyl/N-ethyl adjacent to an activating group) is 1. The molecule has 0 aliphatic rings. The van der Waals surface area contributed by atoms with E-state index in [1.54, 1.807) is 11.3 Å². The second-order valence-corrected chi connectivity index (χ2v) is 6.08. The largest absolute Gasteiger partial charge is 0.458 e. The first-order chi connectivity index (χ1) is 9.67. The monoisotopic (exact) mass is 306 g/mol. The van der Waals surface area contributed by atoms with Gasteiger partial charge in [-0.05, 0) is 26.1 Å². The zero-order valence-corrected chi connectivity index (χ0v) is 12.9. The average Bonchev–Trinajstić information content (AvgIpc) is 3.03. The fraction of sp³-hybridized carbons (Fsp3) is 0.267. The highest BCUT2D eigenvalue weighted by Gasteiger charge is 2.17. The van der Waals surface area contributed by atoms with E-state index < -0.39 is 0 Å². The highest BCUT2D eigenvalue weighted by Crippen LogP contribution is 2.30. The number of thiazole rings is 1. The number of aryl methyl sites for hydroxylation is 1. The summed E-state index contributed by atoms with van der Waals surface area (Å²) in [5, 5.41) is 8.14. The Hall–Kier alpha value is -1.36. The summed E-state index contributed by atoms with van der Waals surface area (Å²) in [6.45, 7) is 2.01. The highest BCUT2D eigenvalue weighted by molar-refractivity contribution is 7.09. The lowest BCUT2D eigenvalue weighted by atomic mass is 10.1. The molecule has 5 heteroatoms. The van der Waals surface area contributed by atoms with Gasteiger partial charge in [-0.15, -0.1) is 11.3 Å². The molecular formula is C15H15ClN2OS. The van der Waals surface area contributed by atoms with Crippen LogP contribution in [0, 0.1) is 6.92 Å². The lowest BCUT2D eigenvalue weighted by Gasteiger charge is -2.11. The molecule has 20 heavy (non-hydrogen) atoms. The molecule has 0 saturated heterocycles. The van der Waals surface area contributed by atoms with Gasteiger partial charge >= 0.3 is 0 Å². The van der Waals surface area contributed by atoms with E-state index in [0.717, 1.165) is 33.9 Å². The van der Waals surface area contributed by atoms with Crippen LogP contribution in [0.3, 0.4) is 0 Å². The minimum atomic E-state index is 0.101. The number of benzene rings is 1. The Morgan fingerprint density at radius 1 is 1.45 bits per heavy atom. The highest BCUT2D eigenvalue weighted by atomic mass is 35.5. The van der Waals surface area contributed by atoms with Crippen molar-refractivity contribution in [2.24, 2.45) is 0 Å². The van der Waals surface area contributed by atoms with E-state index in [2.05, 4.69) is 15.7 Å². The molecule has 0 radical (unpaired) electrons. The van der Waals surface area contributed by atoms with Gasteiger partial charge in [0.1, 0.15) is 5.76 Å². The molecule has 0 saturated carbocycles. The molecule has 3 aromatic rings. The average molecular weight is 307 g/mol. The lowest BCUT2D eigenvalue weighted by Crippen LogP contribution is -2.18.